The van der Waals surface area contributed by atoms with Gasteiger partial charge in [0.25, 0.3) is 0 Å². The van der Waals surface area contributed by atoms with Gasteiger partial charge in [0.2, 0.25) is 5.91 Å². The molecule has 0 aromatic heterocycles. The molecule has 0 radical (unpaired) electrons. The van der Waals surface area contributed by atoms with Crippen LogP contribution in [0.5, 0.6) is 0 Å². The van der Waals surface area contributed by atoms with Crippen LogP contribution in [-0.2, 0) is 17.6 Å². The maximum Gasteiger partial charge on any atom is 0.224 e. The van der Waals surface area contributed by atoms with Crippen LogP contribution in [0.1, 0.15) is 36.8 Å². The molecule has 0 bridgehead atoms. The number of piperidine rings is 1. The molecule has 0 spiro atoms. The molecule has 2 aromatic rings. The highest BCUT2D eigenvalue weighted by Crippen LogP contribution is 2.30. The van der Waals surface area contributed by atoms with Crippen LogP contribution in [0.2, 0.25) is 0 Å². The standard InChI is InChI=1S/C23H27FN2O/c24-21-9-3-4-10-22(21)25-23(27)12-11-17-6-5-13-26(16-17)20-14-18-7-1-2-8-19(18)15-20/h1-4,7-10,17,20H,5-6,11-16H2,(H,25,27). The first-order valence-corrected chi connectivity index (χ1v) is 10.0. The average Bonchev–Trinajstić information content (AvgIpc) is 3.13. The van der Waals surface area contributed by atoms with Crippen LogP contribution < -0.4 is 5.32 Å². The normalized spacial score (nSPS) is 20.4. The zero-order valence-electron chi connectivity index (χ0n) is 15.7. The summed E-state index contributed by atoms with van der Waals surface area (Å²) >= 11 is 0. The van der Waals surface area contributed by atoms with Crippen molar-refractivity contribution < 1.29 is 9.18 Å². The lowest BCUT2D eigenvalue weighted by molar-refractivity contribution is -0.116. The van der Waals surface area contributed by atoms with E-state index in [1.807, 2.05) is 0 Å². The number of carbonyl (C=O) groups excluding carboxylic acids is 1. The van der Waals surface area contributed by atoms with Gasteiger partial charge in [0.1, 0.15) is 5.82 Å². The van der Waals surface area contributed by atoms with E-state index in [0.29, 0.717) is 18.4 Å². The van der Waals surface area contributed by atoms with Crippen LogP contribution in [0.25, 0.3) is 0 Å². The van der Waals surface area contributed by atoms with Crippen LogP contribution >= 0.6 is 0 Å². The Hall–Kier alpha value is -2.20. The second kappa shape index (κ2) is 8.22. The summed E-state index contributed by atoms with van der Waals surface area (Å²) in [4.78, 5) is 14.8. The number of benzene rings is 2. The van der Waals surface area contributed by atoms with Gasteiger partial charge in [0.05, 0.1) is 5.69 Å². The zero-order valence-corrected chi connectivity index (χ0v) is 15.7. The number of nitrogens with one attached hydrogen (secondary N) is 1. The van der Waals surface area contributed by atoms with Gasteiger partial charge in [-0.05, 0) is 67.8 Å². The fourth-order valence-corrected chi connectivity index (χ4v) is 4.57. The Bertz CT molecular complexity index is 781. The van der Waals surface area contributed by atoms with Crippen molar-refractivity contribution in [2.75, 3.05) is 18.4 Å². The average molecular weight is 366 g/mol. The molecule has 27 heavy (non-hydrogen) atoms. The molecule has 1 unspecified atom stereocenters. The van der Waals surface area contributed by atoms with Crippen LogP contribution in [0.4, 0.5) is 10.1 Å². The first kappa shape index (κ1) is 18.2. The van der Waals surface area contributed by atoms with E-state index >= 15 is 0 Å². The summed E-state index contributed by atoms with van der Waals surface area (Å²) in [6, 6.07) is 15.7. The van der Waals surface area contributed by atoms with Crippen molar-refractivity contribution in [3.8, 4) is 0 Å². The van der Waals surface area contributed by atoms with Crippen LogP contribution in [-0.4, -0.2) is 29.9 Å². The fourth-order valence-electron chi connectivity index (χ4n) is 4.57. The summed E-state index contributed by atoms with van der Waals surface area (Å²) in [6.07, 6.45) is 6.01. The highest BCUT2D eigenvalue weighted by atomic mass is 19.1. The number of anilines is 1. The minimum atomic E-state index is -0.379. The third-order valence-corrected chi connectivity index (χ3v) is 6.02. The van der Waals surface area contributed by atoms with E-state index in [1.165, 1.54) is 30.0 Å². The van der Waals surface area contributed by atoms with Crippen molar-refractivity contribution >= 4 is 11.6 Å². The van der Waals surface area contributed by atoms with Gasteiger partial charge in [-0.3, -0.25) is 9.69 Å². The Morgan fingerprint density at radius 1 is 1.07 bits per heavy atom. The Labute approximate surface area is 160 Å². The van der Waals surface area contributed by atoms with Crippen molar-refractivity contribution in [1.29, 1.82) is 0 Å². The molecule has 0 saturated carbocycles. The smallest absolute Gasteiger partial charge is 0.224 e. The van der Waals surface area contributed by atoms with Gasteiger partial charge in [0.15, 0.2) is 0 Å². The van der Waals surface area contributed by atoms with E-state index in [9.17, 15) is 9.18 Å². The summed E-state index contributed by atoms with van der Waals surface area (Å²) in [7, 11) is 0. The van der Waals surface area contributed by atoms with E-state index in [0.717, 1.165) is 32.4 Å². The Kier molecular flexibility index (Phi) is 5.53. The maximum absolute atomic E-state index is 13.7. The van der Waals surface area contributed by atoms with Crippen LogP contribution in [0, 0.1) is 11.7 Å². The summed E-state index contributed by atoms with van der Waals surface area (Å²) in [5.74, 6) is 0.0785. The van der Waals surface area contributed by atoms with Gasteiger partial charge in [-0.15, -0.1) is 0 Å². The monoisotopic (exact) mass is 366 g/mol. The van der Waals surface area contributed by atoms with Gasteiger partial charge in [-0.25, -0.2) is 4.39 Å². The lowest BCUT2D eigenvalue weighted by atomic mass is 9.92. The lowest BCUT2D eigenvalue weighted by Crippen LogP contribution is -2.43. The minimum Gasteiger partial charge on any atom is -0.324 e. The second-order valence-electron chi connectivity index (χ2n) is 7.90. The number of hydrogen-bond acceptors (Lipinski definition) is 2. The van der Waals surface area contributed by atoms with E-state index in [-0.39, 0.29) is 17.4 Å². The van der Waals surface area contributed by atoms with E-state index in [1.54, 1.807) is 18.2 Å². The van der Waals surface area contributed by atoms with Crippen molar-refractivity contribution in [3.63, 3.8) is 0 Å². The number of para-hydroxylation sites is 1. The molecule has 2 aliphatic rings. The predicted octanol–water partition coefficient (Wildman–Crippen LogP) is 4.42. The fraction of sp³-hybridized carbons (Fsp3) is 0.435. The number of amides is 1. The molecule has 3 nitrogen and oxygen atoms in total. The SMILES string of the molecule is O=C(CCC1CCCN(C2Cc3ccccc3C2)C1)Nc1ccccc1F. The zero-order chi connectivity index (χ0) is 18.6. The minimum absolute atomic E-state index is 0.0921. The Balaban J connectivity index is 1.27. The largest absolute Gasteiger partial charge is 0.324 e. The summed E-state index contributed by atoms with van der Waals surface area (Å²) in [5.41, 5.74) is 3.26. The maximum atomic E-state index is 13.7. The Morgan fingerprint density at radius 3 is 2.52 bits per heavy atom. The van der Waals surface area contributed by atoms with E-state index in [4.69, 9.17) is 0 Å². The molecule has 1 aliphatic carbocycles. The van der Waals surface area contributed by atoms with Gasteiger partial charge in [-0.1, -0.05) is 36.4 Å². The topological polar surface area (TPSA) is 32.3 Å². The van der Waals surface area contributed by atoms with Crippen molar-refractivity contribution in [3.05, 3.63) is 65.5 Å². The first-order valence-electron chi connectivity index (χ1n) is 10.0. The van der Waals surface area contributed by atoms with Gasteiger partial charge in [0, 0.05) is 19.0 Å². The number of fused-ring (bicyclic) bond motifs is 1. The molecule has 1 fully saturated rings. The number of nitrogens with zero attached hydrogens (tertiary/aromatic N) is 1. The van der Waals surface area contributed by atoms with E-state index < -0.39 is 0 Å². The molecule has 4 heteroatoms. The number of halogens is 1. The molecule has 1 atom stereocenters. The highest BCUT2D eigenvalue weighted by Gasteiger charge is 2.30. The van der Waals surface area contributed by atoms with Gasteiger partial charge < -0.3 is 5.32 Å². The van der Waals surface area contributed by atoms with Crippen molar-refractivity contribution in [1.82, 2.24) is 4.90 Å². The Morgan fingerprint density at radius 2 is 1.78 bits per heavy atom. The van der Waals surface area contributed by atoms with Gasteiger partial charge >= 0.3 is 0 Å². The predicted molar refractivity (Wildman–Crippen MR) is 106 cm³/mol. The summed E-state index contributed by atoms with van der Waals surface area (Å²) in [5, 5.41) is 2.70. The molecule has 1 N–H and O–H groups in total. The summed E-state index contributed by atoms with van der Waals surface area (Å²) in [6.45, 7) is 2.24. The van der Waals surface area contributed by atoms with Gasteiger partial charge in [-0.2, -0.15) is 0 Å². The molecule has 1 aliphatic heterocycles. The number of likely N-dealkylation sites (tertiary alicyclic amines) is 1. The number of rotatable bonds is 5. The molecular formula is C23H27FN2O. The number of carbonyl (C=O) groups is 1. The molecule has 2 aromatic carbocycles. The third-order valence-electron chi connectivity index (χ3n) is 6.02. The number of hydrogen-bond donors (Lipinski definition) is 1. The third kappa shape index (κ3) is 4.38. The highest BCUT2D eigenvalue weighted by molar-refractivity contribution is 5.90. The first-order chi connectivity index (χ1) is 13.2. The molecular weight excluding hydrogens is 339 g/mol. The van der Waals surface area contributed by atoms with Crippen molar-refractivity contribution in [2.24, 2.45) is 5.92 Å². The van der Waals surface area contributed by atoms with Crippen LogP contribution in [0.3, 0.4) is 0 Å². The molecule has 1 saturated heterocycles. The van der Waals surface area contributed by atoms with Crippen molar-refractivity contribution in [2.45, 2.75) is 44.6 Å². The molecule has 4 rings (SSSR count). The molecule has 1 heterocycles. The van der Waals surface area contributed by atoms with Crippen LogP contribution in [0.15, 0.2) is 48.5 Å². The molecule has 142 valence electrons. The quantitative estimate of drug-likeness (QED) is 0.849. The second-order valence-corrected chi connectivity index (χ2v) is 7.90. The van der Waals surface area contributed by atoms with E-state index in [2.05, 4.69) is 34.5 Å². The summed E-state index contributed by atoms with van der Waals surface area (Å²) < 4.78 is 13.7. The lowest BCUT2D eigenvalue weighted by Gasteiger charge is -2.36. The molecule has 1 amide bonds.